The average Bonchev–Trinajstić information content (AvgIpc) is 2.15. The molecule has 0 rings (SSSR count). The first-order valence-electron chi connectivity index (χ1n) is 4.32. The van der Waals surface area contributed by atoms with Gasteiger partial charge in [0.1, 0.15) is 5.76 Å². The Morgan fingerprint density at radius 1 is 1.38 bits per heavy atom. The molecule has 0 aliphatic rings. The summed E-state index contributed by atoms with van der Waals surface area (Å²) in [6, 6.07) is 0. The number of carbonyl (C=O) groups is 1. The number of Topliss-reactive ketones (excluding diaryl/α,β-unsaturated/α-hetero) is 1. The van der Waals surface area contributed by atoms with E-state index in [1.807, 2.05) is 13.8 Å². The van der Waals surface area contributed by atoms with Crippen molar-refractivity contribution in [3.8, 4) is 0 Å². The molecule has 2 nitrogen and oxygen atoms in total. The van der Waals surface area contributed by atoms with E-state index in [1.165, 1.54) is 13.0 Å². The molecule has 0 aliphatic carbocycles. The van der Waals surface area contributed by atoms with Crippen LogP contribution in [0, 0.1) is 0 Å². The van der Waals surface area contributed by atoms with Gasteiger partial charge in [-0.3, -0.25) is 4.79 Å². The van der Waals surface area contributed by atoms with Crippen LogP contribution in [0.1, 0.15) is 27.7 Å². The molecule has 0 unspecified atom stereocenters. The molecule has 0 bridgehead atoms. The fraction of sp³-hybridized carbons (Fsp3) is 0.364. The van der Waals surface area contributed by atoms with Crippen molar-refractivity contribution >= 4 is 5.78 Å². The Kier molecular flexibility index (Phi) is 9.61. The van der Waals surface area contributed by atoms with Crippen molar-refractivity contribution in [1.82, 2.24) is 0 Å². The second-order valence-corrected chi connectivity index (χ2v) is 2.06. The van der Waals surface area contributed by atoms with Crippen LogP contribution in [0.25, 0.3) is 0 Å². The molecule has 74 valence electrons. The smallest absolute Gasteiger partial charge is 0.163 e. The summed E-state index contributed by atoms with van der Waals surface area (Å²) in [5.41, 5.74) is 0.294. The molecule has 0 spiro atoms. The molecule has 0 atom stereocenters. The zero-order valence-electron chi connectivity index (χ0n) is 8.79. The Morgan fingerprint density at radius 2 is 1.85 bits per heavy atom. The Morgan fingerprint density at radius 3 is 2.08 bits per heavy atom. The zero-order chi connectivity index (χ0) is 10.9. The molecule has 1 N–H and O–H groups in total. The van der Waals surface area contributed by atoms with Crippen molar-refractivity contribution in [2.24, 2.45) is 0 Å². The van der Waals surface area contributed by atoms with Crippen LogP contribution < -0.4 is 0 Å². The van der Waals surface area contributed by atoms with Crippen LogP contribution in [0.15, 0.2) is 36.1 Å². The Bertz CT molecular complexity index is 222. The molecule has 0 saturated heterocycles. The van der Waals surface area contributed by atoms with Crippen LogP contribution in [0.3, 0.4) is 0 Å². The van der Waals surface area contributed by atoms with E-state index in [2.05, 4.69) is 6.58 Å². The van der Waals surface area contributed by atoms with Gasteiger partial charge in [-0.25, -0.2) is 0 Å². The second kappa shape index (κ2) is 8.78. The van der Waals surface area contributed by atoms with Crippen LogP contribution in [-0.4, -0.2) is 10.9 Å². The van der Waals surface area contributed by atoms with Gasteiger partial charge < -0.3 is 5.11 Å². The molecule has 0 aliphatic heterocycles. The minimum atomic E-state index is -0.166. The highest BCUT2D eigenvalue weighted by atomic mass is 16.3. The predicted octanol–water partition coefficient (Wildman–Crippen LogP) is 3.18. The lowest BCUT2D eigenvalue weighted by atomic mass is 10.1. The summed E-state index contributed by atoms with van der Waals surface area (Å²) >= 11 is 0. The summed E-state index contributed by atoms with van der Waals surface area (Å²) in [6.07, 6.45) is 4.49. The van der Waals surface area contributed by atoms with Gasteiger partial charge in [-0.15, -0.1) is 0 Å². The third-order valence-corrected chi connectivity index (χ3v) is 1.18. The first kappa shape index (κ1) is 14.2. The maximum Gasteiger partial charge on any atom is 0.163 e. The first-order chi connectivity index (χ1) is 6.13. The van der Waals surface area contributed by atoms with E-state index in [0.29, 0.717) is 5.57 Å². The van der Waals surface area contributed by atoms with E-state index >= 15 is 0 Å². The quantitative estimate of drug-likeness (QED) is 0.413. The maximum atomic E-state index is 10.8. The third kappa shape index (κ3) is 5.91. The van der Waals surface area contributed by atoms with E-state index in [0.717, 1.165) is 0 Å². The van der Waals surface area contributed by atoms with Crippen LogP contribution in [0.5, 0.6) is 0 Å². The minimum Gasteiger partial charge on any atom is -0.507 e. The van der Waals surface area contributed by atoms with E-state index in [1.54, 1.807) is 19.1 Å². The van der Waals surface area contributed by atoms with Crippen molar-refractivity contribution < 1.29 is 9.90 Å². The van der Waals surface area contributed by atoms with Crippen molar-refractivity contribution in [2.45, 2.75) is 27.7 Å². The number of hydrogen-bond donors (Lipinski definition) is 1. The fourth-order valence-corrected chi connectivity index (χ4v) is 0.660. The van der Waals surface area contributed by atoms with Gasteiger partial charge >= 0.3 is 0 Å². The number of ketones is 1. The number of hydrogen-bond acceptors (Lipinski definition) is 2. The highest BCUT2D eigenvalue weighted by Crippen LogP contribution is 2.05. The molecule has 2 heteroatoms. The Balaban J connectivity index is 0. The first-order valence-corrected chi connectivity index (χ1v) is 4.32. The van der Waals surface area contributed by atoms with Gasteiger partial charge in [-0.1, -0.05) is 32.6 Å². The molecule has 0 amide bonds. The molecular formula is C11H18O2. The van der Waals surface area contributed by atoms with Gasteiger partial charge in [0.05, 0.1) is 5.57 Å². The summed E-state index contributed by atoms with van der Waals surface area (Å²) in [7, 11) is 0. The van der Waals surface area contributed by atoms with Gasteiger partial charge in [0.25, 0.3) is 0 Å². The summed E-state index contributed by atoms with van der Waals surface area (Å²) in [5.74, 6) is -0.240. The number of aliphatic hydroxyl groups is 1. The largest absolute Gasteiger partial charge is 0.507 e. The van der Waals surface area contributed by atoms with E-state index < -0.39 is 0 Å². The molecular weight excluding hydrogens is 164 g/mol. The molecule has 0 saturated carbocycles. The normalized spacial score (nSPS) is 11.4. The SMILES string of the molecule is C=C/C(O)=C(\C=C/C)C(C)=O.CC. The summed E-state index contributed by atoms with van der Waals surface area (Å²) in [6.45, 7) is 10.5. The lowest BCUT2D eigenvalue weighted by Gasteiger charge is -1.96. The molecule has 0 aromatic heterocycles. The third-order valence-electron chi connectivity index (χ3n) is 1.18. The Hall–Kier alpha value is -1.31. The van der Waals surface area contributed by atoms with Crippen molar-refractivity contribution in [2.75, 3.05) is 0 Å². The Labute approximate surface area is 80.3 Å². The van der Waals surface area contributed by atoms with Gasteiger partial charge in [0.2, 0.25) is 0 Å². The molecule has 13 heavy (non-hydrogen) atoms. The van der Waals surface area contributed by atoms with Crippen LogP contribution in [-0.2, 0) is 4.79 Å². The zero-order valence-corrected chi connectivity index (χ0v) is 8.79. The molecule has 0 radical (unpaired) electrons. The maximum absolute atomic E-state index is 10.8. The molecule has 0 heterocycles. The van der Waals surface area contributed by atoms with Crippen molar-refractivity contribution in [3.63, 3.8) is 0 Å². The molecule has 0 fully saturated rings. The topological polar surface area (TPSA) is 37.3 Å². The number of rotatable bonds is 3. The molecule has 0 aromatic rings. The minimum absolute atomic E-state index is 0.0735. The number of carbonyl (C=O) groups excluding carboxylic acids is 1. The lowest BCUT2D eigenvalue weighted by Crippen LogP contribution is -1.96. The number of aliphatic hydroxyl groups excluding tert-OH is 1. The summed E-state index contributed by atoms with van der Waals surface area (Å²) < 4.78 is 0. The van der Waals surface area contributed by atoms with E-state index in [-0.39, 0.29) is 11.5 Å². The standard InChI is InChI=1S/C9H12O2.C2H6/c1-4-6-8(7(3)10)9(11)5-2;1-2/h4-6,11H,2H2,1,3H3;1-2H3/b6-4-,9-8-;. The van der Waals surface area contributed by atoms with Crippen LogP contribution in [0.4, 0.5) is 0 Å². The van der Waals surface area contributed by atoms with Crippen molar-refractivity contribution in [1.29, 1.82) is 0 Å². The molecule has 0 aromatic carbocycles. The summed E-state index contributed by atoms with van der Waals surface area (Å²) in [4.78, 5) is 10.8. The van der Waals surface area contributed by atoms with Gasteiger partial charge in [0.15, 0.2) is 5.78 Å². The average molecular weight is 182 g/mol. The van der Waals surface area contributed by atoms with E-state index in [4.69, 9.17) is 5.11 Å². The van der Waals surface area contributed by atoms with Gasteiger partial charge in [0, 0.05) is 0 Å². The number of allylic oxidation sites excluding steroid dienone is 4. The van der Waals surface area contributed by atoms with Gasteiger partial charge in [-0.05, 0) is 19.9 Å². The monoisotopic (exact) mass is 182 g/mol. The predicted molar refractivity (Wildman–Crippen MR) is 56.7 cm³/mol. The fourth-order valence-electron chi connectivity index (χ4n) is 0.660. The second-order valence-electron chi connectivity index (χ2n) is 2.06. The van der Waals surface area contributed by atoms with E-state index in [9.17, 15) is 4.79 Å². The lowest BCUT2D eigenvalue weighted by molar-refractivity contribution is -0.113. The van der Waals surface area contributed by atoms with Crippen LogP contribution in [0.2, 0.25) is 0 Å². The van der Waals surface area contributed by atoms with Crippen molar-refractivity contribution in [3.05, 3.63) is 36.1 Å². The van der Waals surface area contributed by atoms with Gasteiger partial charge in [-0.2, -0.15) is 0 Å². The highest BCUT2D eigenvalue weighted by Gasteiger charge is 2.03. The summed E-state index contributed by atoms with van der Waals surface area (Å²) in [5, 5.41) is 9.11. The van der Waals surface area contributed by atoms with Crippen LogP contribution >= 0.6 is 0 Å². The highest BCUT2D eigenvalue weighted by molar-refractivity contribution is 5.96.